The zero-order chi connectivity index (χ0) is 50.0. The minimum Gasteiger partial charge on any atom is -0.459 e. The monoisotopic (exact) mass is 969 g/mol. The molecule has 0 aromatic heterocycles. The maximum atomic E-state index is 14.6. The Kier molecular flexibility index (Phi) is 21.7. The molecular formula is C50H88N4O12S. The predicted molar refractivity (Wildman–Crippen MR) is 261 cm³/mol. The minimum atomic E-state index is -1.87. The molecule has 16 nitrogen and oxygen atoms in total. The van der Waals surface area contributed by atoms with E-state index in [1.807, 2.05) is 64.9 Å². The van der Waals surface area contributed by atoms with E-state index in [2.05, 4.69) is 27.7 Å². The normalized spacial score (nSPS) is 40.9. The van der Waals surface area contributed by atoms with Crippen LogP contribution in [0.5, 0.6) is 0 Å². The average molecular weight is 969 g/mol. The molecule has 0 amide bonds. The molecule has 3 aliphatic rings. The first-order valence-electron chi connectivity index (χ1n) is 24.7. The van der Waals surface area contributed by atoms with E-state index in [0.29, 0.717) is 37.6 Å². The molecule has 7 N–H and O–H groups in total. The summed E-state index contributed by atoms with van der Waals surface area (Å²) in [6.07, 6.45) is -6.16. The Morgan fingerprint density at radius 3 is 2.18 bits per heavy atom. The molecule has 67 heavy (non-hydrogen) atoms. The number of carbonyl (C=O) groups excluding carboxylic acids is 1. The Balaban J connectivity index is 1.68. The summed E-state index contributed by atoms with van der Waals surface area (Å²) in [7, 11) is 5.29. The van der Waals surface area contributed by atoms with Crippen LogP contribution >= 0.6 is 12.2 Å². The molecule has 0 unspecified atom stereocenters. The molecule has 1 aromatic rings. The van der Waals surface area contributed by atoms with Gasteiger partial charge in [-0.2, -0.15) is 0 Å². The third kappa shape index (κ3) is 15.2. The standard InChI is InChI=1S/C50H88N4O12S/c1-14-38-50(10,60)42(56)34(6)54(25-19-24-52-47(67)51-23-18-22-36-20-16-15-17-21-36)29-30(2)27-48(8,59)44(66-46-40(55)37(53(11)12)26-31(3)62-46)32(4)41(33(5)45(58)64-38)65-39-28-49(9,61-13)43(57)35(7)63-39/h15-17,20-21,30-35,37-44,46,55-57,59-60H,14,18-19,22-29H2,1-13H3,(H2,51,52,67)/t30-,31-,32+,33-,34-,35+,37+,38-,39-,40-,41+,42-,43+,44-,46+,48-,49-,50-/m1/s1. The fourth-order valence-corrected chi connectivity index (χ4v) is 10.8. The summed E-state index contributed by atoms with van der Waals surface area (Å²) in [5.41, 5.74) is -3.27. The third-order valence-electron chi connectivity index (χ3n) is 14.7. The minimum absolute atomic E-state index is 0.115. The summed E-state index contributed by atoms with van der Waals surface area (Å²) < 4.78 is 38.2. The summed E-state index contributed by atoms with van der Waals surface area (Å²) in [5.74, 6) is -2.75. The Morgan fingerprint density at radius 2 is 1.57 bits per heavy atom. The number of aliphatic hydroxyl groups is 5. The molecule has 386 valence electrons. The number of hydrogen-bond donors (Lipinski definition) is 7. The molecule has 0 aliphatic carbocycles. The van der Waals surface area contributed by atoms with Gasteiger partial charge in [-0.15, -0.1) is 0 Å². The number of benzene rings is 1. The summed E-state index contributed by atoms with van der Waals surface area (Å²) in [4.78, 5) is 18.6. The number of cyclic esters (lactones) is 1. The van der Waals surface area contributed by atoms with Crippen molar-refractivity contribution < 1.29 is 58.7 Å². The number of aliphatic hydroxyl groups excluding tert-OH is 3. The molecule has 3 saturated heterocycles. The van der Waals surface area contributed by atoms with E-state index in [9.17, 15) is 30.3 Å². The maximum absolute atomic E-state index is 14.6. The van der Waals surface area contributed by atoms with E-state index >= 15 is 0 Å². The summed E-state index contributed by atoms with van der Waals surface area (Å²) >= 11 is 5.59. The number of nitrogens with zero attached hydrogens (tertiary/aromatic N) is 2. The van der Waals surface area contributed by atoms with E-state index in [1.54, 1.807) is 34.6 Å². The SMILES string of the molecule is CC[C@H]1OC(=O)[C@H](C)[C@@H](O[C@@H]2C[C@@](C)(OC)[C@@H](O)[C@H](C)O2)[C@H](C)[C@@H](O[C@@H]2O[C@H](C)C[C@H](N(C)C)[C@H]2O)[C@](C)(O)C[C@@H](C)CN(CCCNC(=S)NCCCc2ccccc2)[C@H](C)[C@@H](O)[C@]1(C)O. The van der Waals surface area contributed by atoms with Crippen LogP contribution in [0, 0.1) is 17.8 Å². The smallest absolute Gasteiger partial charge is 0.311 e. The Labute approximate surface area is 406 Å². The van der Waals surface area contributed by atoms with Gasteiger partial charge in [0.2, 0.25) is 0 Å². The highest BCUT2D eigenvalue weighted by Gasteiger charge is 2.53. The van der Waals surface area contributed by atoms with Crippen molar-refractivity contribution in [2.45, 2.75) is 204 Å². The lowest BCUT2D eigenvalue weighted by molar-refractivity contribution is -0.318. The number of ether oxygens (including phenoxy) is 6. The molecule has 0 saturated carbocycles. The summed E-state index contributed by atoms with van der Waals surface area (Å²) in [5, 5.41) is 67.1. The molecule has 3 aliphatic heterocycles. The fourth-order valence-electron chi connectivity index (χ4n) is 10.6. The second-order valence-electron chi connectivity index (χ2n) is 20.8. The quantitative estimate of drug-likeness (QED) is 0.0760. The van der Waals surface area contributed by atoms with Crippen molar-refractivity contribution >= 4 is 23.3 Å². The van der Waals surface area contributed by atoms with Crippen LogP contribution in [0.15, 0.2) is 30.3 Å². The van der Waals surface area contributed by atoms with Crippen LogP contribution in [0.3, 0.4) is 0 Å². The van der Waals surface area contributed by atoms with Gasteiger partial charge in [0.05, 0.1) is 41.5 Å². The predicted octanol–water partition coefficient (Wildman–Crippen LogP) is 3.76. The lowest BCUT2D eigenvalue weighted by Gasteiger charge is -2.48. The van der Waals surface area contributed by atoms with Crippen LogP contribution in [-0.2, 0) is 39.6 Å². The van der Waals surface area contributed by atoms with Gasteiger partial charge in [-0.25, -0.2) is 0 Å². The van der Waals surface area contributed by atoms with Crippen LogP contribution in [0.4, 0.5) is 0 Å². The van der Waals surface area contributed by atoms with Crippen molar-refractivity contribution in [3.05, 3.63) is 35.9 Å². The number of esters is 1. The molecule has 1 aromatic carbocycles. The zero-order valence-electron chi connectivity index (χ0n) is 42.7. The second-order valence-corrected chi connectivity index (χ2v) is 21.3. The highest BCUT2D eigenvalue weighted by molar-refractivity contribution is 7.80. The average Bonchev–Trinajstić information content (AvgIpc) is 3.27. The maximum Gasteiger partial charge on any atom is 0.311 e. The molecule has 0 radical (unpaired) electrons. The molecule has 0 bridgehead atoms. The van der Waals surface area contributed by atoms with Gasteiger partial charge in [-0.3, -0.25) is 9.69 Å². The first-order chi connectivity index (χ1) is 31.4. The lowest BCUT2D eigenvalue weighted by atomic mass is 9.77. The van der Waals surface area contributed by atoms with Crippen LogP contribution in [0.1, 0.15) is 113 Å². The van der Waals surface area contributed by atoms with Crippen molar-refractivity contribution in [3.63, 3.8) is 0 Å². The van der Waals surface area contributed by atoms with Gasteiger partial charge in [0.15, 0.2) is 17.7 Å². The first-order valence-corrected chi connectivity index (χ1v) is 25.1. The number of hydrogen-bond acceptors (Lipinski definition) is 15. The molecule has 0 spiro atoms. The Hall–Kier alpha value is -2.10. The van der Waals surface area contributed by atoms with Crippen molar-refractivity contribution in [1.29, 1.82) is 0 Å². The van der Waals surface area contributed by atoms with Gasteiger partial charge in [-0.1, -0.05) is 51.1 Å². The van der Waals surface area contributed by atoms with Crippen molar-refractivity contribution in [3.8, 4) is 0 Å². The number of rotatable bonds is 15. The van der Waals surface area contributed by atoms with Crippen LogP contribution in [0.25, 0.3) is 0 Å². The molecule has 17 heteroatoms. The topological polar surface area (TPSA) is 204 Å². The highest BCUT2D eigenvalue weighted by Crippen LogP contribution is 2.40. The largest absolute Gasteiger partial charge is 0.459 e. The van der Waals surface area contributed by atoms with E-state index in [0.717, 1.165) is 19.4 Å². The Bertz CT molecular complexity index is 1660. The number of thiocarbonyl (C=S) groups is 1. The fraction of sp³-hybridized carbons (Fsp3) is 0.840. The Morgan fingerprint density at radius 1 is 0.925 bits per heavy atom. The van der Waals surface area contributed by atoms with Crippen molar-refractivity contribution in [1.82, 2.24) is 20.4 Å². The summed E-state index contributed by atoms with van der Waals surface area (Å²) in [6, 6.07) is 9.40. The van der Waals surface area contributed by atoms with Gasteiger partial charge in [0.1, 0.15) is 30.0 Å². The van der Waals surface area contributed by atoms with E-state index in [1.165, 1.54) is 19.6 Å². The molecule has 3 fully saturated rings. The van der Waals surface area contributed by atoms with E-state index in [-0.39, 0.29) is 37.3 Å². The van der Waals surface area contributed by atoms with Gasteiger partial charge in [0.25, 0.3) is 0 Å². The van der Waals surface area contributed by atoms with Crippen molar-refractivity contribution in [2.24, 2.45) is 17.8 Å². The van der Waals surface area contributed by atoms with Gasteiger partial charge >= 0.3 is 5.97 Å². The number of methoxy groups -OCH3 is 1. The molecule has 18 atom stereocenters. The van der Waals surface area contributed by atoms with Crippen LogP contribution < -0.4 is 10.6 Å². The van der Waals surface area contributed by atoms with Crippen LogP contribution in [0.2, 0.25) is 0 Å². The van der Waals surface area contributed by atoms with E-state index in [4.69, 9.17) is 40.6 Å². The van der Waals surface area contributed by atoms with Gasteiger partial charge in [0, 0.05) is 57.7 Å². The molecule has 4 rings (SSSR count). The second kappa shape index (κ2) is 25.3. The molecular weight excluding hydrogens is 881 g/mol. The van der Waals surface area contributed by atoms with Crippen molar-refractivity contribution in [2.75, 3.05) is 47.4 Å². The number of nitrogens with one attached hydrogen (secondary N) is 2. The summed E-state index contributed by atoms with van der Waals surface area (Å²) in [6.45, 7) is 20.0. The molecule has 3 heterocycles. The highest BCUT2D eigenvalue weighted by atomic mass is 32.1. The first kappa shape index (κ1) is 57.5. The third-order valence-corrected chi connectivity index (χ3v) is 15.0. The van der Waals surface area contributed by atoms with Gasteiger partial charge in [-0.05, 0) is 125 Å². The number of carbonyl (C=O) groups is 1. The van der Waals surface area contributed by atoms with Crippen LogP contribution in [-0.4, -0.2) is 184 Å². The van der Waals surface area contributed by atoms with E-state index < -0.39 is 96.0 Å². The zero-order valence-corrected chi connectivity index (χ0v) is 43.5. The van der Waals surface area contributed by atoms with Gasteiger partial charge < -0.3 is 69.5 Å². The number of likely N-dealkylation sites (N-methyl/N-ethyl adjacent to an activating group) is 1. The lowest BCUT2D eigenvalue weighted by Crippen LogP contribution is -2.60. The number of aryl methyl sites for hydroxylation is 1.